The average Bonchev–Trinajstić information content (AvgIpc) is 2.55. The van der Waals surface area contributed by atoms with E-state index in [1.165, 1.54) is 45.2 Å². The van der Waals surface area contributed by atoms with Crippen LogP contribution in [0.3, 0.4) is 0 Å². The summed E-state index contributed by atoms with van der Waals surface area (Å²) in [5.74, 6) is 2.61. The minimum absolute atomic E-state index is 0.628. The number of nitriles is 1. The van der Waals surface area contributed by atoms with E-state index >= 15 is 0 Å². The SMILES string of the molecule is N#Cc1ccccc1OCCN1CCC2CCCCC2C1. The Hall–Kier alpha value is -1.53. The molecule has 1 saturated carbocycles. The number of hydrogen-bond donors (Lipinski definition) is 0. The highest BCUT2D eigenvalue weighted by atomic mass is 16.5. The molecule has 0 radical (unpaired) electrons. The zero-order valence-corrected chi connectivity index (χ0v) is 12.6. The molecular weight excluding hydrogens is 260 g/mol. The van der Waals surface area contributed by atoms with Crippen molar-refractivity contribution in [3.8, 4) is 11.8 Å². The van der Waals surface area contributed by atoms with Gasteiger partial charge in [0.15, 0.2) is 0 Å². The Kier molecular flexibility index (Phi) is 4.77. The lowest BCUT2D eigenvalue weighted by Crippen LogP contribution is -2.43. The van der Waals surface area contributed by atoms with Crippen LogP contribution in [-0.4, -0.2) is 31.1 Å². The number of ether oxygens (including phenoxy) is 1. The Bertz CT molecular complexity index is 508. The zero-order valence-electron chi connectivity index (χ0n) is 12.6. The van der Waals surface area contributed by atoms with E-state index in [2.05, 4.69) is 11.0 Å². The van der Waals surface area contributed by atoms with Crippen LogP contribution in [0.25, 0.3) is 0 Å². The maximum absolute atomic E-state index is 9.06. The first-order chi connectivity index (χ1) is 10.4. The van der Waals surface area contributed by atoms with Crippen molar-refractivity contribution in [3.63, 3.8) is 0 Å². The molecule has 1 aromatic rings. The number of hydrogen-bond acceptors (Lipinski definition) is 3. The molecule has 0 amide bonds. The van der Waals surface area contributed by atoms with E-state index in [9.17, 15) is 0 Å². The average molecular weight is 284 g/mol. The van der Waals surface area contributed by atoms with Gasteiger partial charge in [0.1, 0.15) is 18.4 Å². The molecule has 0 bridgehead atoms. The quantitative estimate of drug-likeness (QED) is 0.849. The van der Waals surface area contributed by atoms with Crippen molar-refractivity contribution >= 4 is 0 Å². The first-order valence-electron chi connectivity index (χ1n) is 8.21. The Labute approximate surface area is 127 Å². The van der Waals surface area contributed by atoms with Crippen molar-refractivity contribution in [2.75, 3.05) is 26.2 Å². The number of likely N-dealkylation sites (tertiary alicyclic amines) is 1. The van der Waals surface area contributed by atoms with E-state index in [4.69, 9.17) is 10.00 Å². The van der Waals surface area contributed by atoms with E-state index < -0.39 is 0 Å². The molecular formula is C18H24N2O. The van der Waals surface area contributed by atoms with E-state index in [1.54, 1.807) is 0 Å². The van der Waals surface area contributed by atoms with Crippen LogP contribution >= 0.6 is 0 Å². The standard InChI is InChI=1S/C18H24N2O/c19-13-16-6-3-4-8-18(16)21-12-11-20-10-9-15-5-1-2-7-17(15)14-20/h3-4,6,8,15,17H,1-2,5,7,9-12,14H2. The third kappa shape index (κ3) is 3.57. The fourth-order valence-corrected chi connectivity index (χ4v) is 3.85. The molecule has 1 saturated heterocycles. The summed E-state index contributed by atoms with van der Waals surface area (Å²) in [5, 5.41) is 9.06. The van der Waals surface area contributed by atoms with Gasteiger partial charge >= 0.3 is 0 Å². The fraction of sp³-hybridized carbons (Fsp3) is 0.611. The van der Waals surface area contributed by atoms with Crippen molar-refractivity contribution in [1.82, 2.24) is 4.90 Å². The van der Waals surface area contributed by atoms with Gasteiger partial charge in [-0.25, -0.2) is 0 Å². The molecule has 1 aliphatic carbocycles. The zero-order chi connectivity index (χ0) is 14.5. The van der Waals surface area contributed by atoms with E-state index in [0.717, 1.165) is 18.4 Å². The van der Waals surface area contributed by atoms with Gasteiger partial charge in [-0.2, -0.15) is 5.26 Å². The predicted molar refractivity (Wildman–Crippen MR) is 83.2 cm³/mol. The van der Waals surface area contributed by atoms with Gasteiger partial charge < -0.3 is 4.74 Å². The van der Waals surface area contributed by atoms with Crippen LogP contribution in [-0.2, 0) is 0 Å². The molecule has 0 N–H and O–H groups in total. The summed E-state index contributed by atoms with van der Waals surface area (Å²) in [6.45, 7) is 4.11. The number of piperidine rings is 1. The molecule has 21 heavy (non-hydrogen) atoms. The van der Waals surface area contributed by atoms with Gasteiger partial charge in [0, 0.05) is 13.1 Å². The number of rotatable bonds is 4. The maximum Gasteiger partial charge on any atom is 0.137 e. The highest BCUT2D eigenvalue weighted by molar-refractivity contribution is 5.42. The minimum atomic E-state index is 0.628. The molecule has 2 aliphatic rings. The molecule has 112 valence electrons. The van der Waals surface area contributed by atoms with Crippen LogP contribution in [0, 0.1) is 23.2 Å². The van der Waals surface area contributed by atoms with Gasteiger partial charge in [0.05, 0.1) is 5.56 Å². The van der Waals surface area contributed by atoms with E-state index in [1.807, 2.05) is 24.3 Å². The van der Waals surface area contributed by atoms with Crippen molar-refractivity contribution in [2.45, 2.75) is 32.1 Å². The van der Waals surface area contributed by atoms with E-state index in [-0.39, 0.29) is 0 Å². The number of para-hydroxylation sites is 1. The van der Waals surface area contributed by atoms with Gasteiger partial charge in [0.25, 0.3) is 0 Å². The number of benzene rings is 1. The van der Waals surface area contributed by atoms with Crippen LogP contribution in [0.15, 0.2) is 24.3 Å². The van der Waals surface area contributed by atoms with Crippen LogP contribution < -0.4 is 4.74 Å². The highest BCUT2D eigenvalue weighted by Crippen LogP contribution is 2.35. The summed E-state index contributed by atoms with van der Waals surface area (Å²) in [7, 11) is 0. The normalized spacial score (nSPS) is 25.9. The molecule has 0 aromatic heterocycles. The second-order valence-corrected chi connectivity index (χ2v) is 6.35. The van der Waals surface area contributed by atoms with Crippen molar-refractivity contribution in [3.05, 3.63) is 29.8 Å². The molecule has 2 unspecified atom stereocenters. The summed E-state index contributed by atoms with van der Waals surface area (Å²) >= 11 is 0. The van der Waals surface area contributed by atoms with Gasteiger partial charge in [-0.05, 0) is 43.4 Å². The number of fused-ring (bicyclic) bond motifs is 1. The Morgan fingerprint density at radius 2 is 1.95 bits per heavy atom. The Morgan fingerprint density at radius 3 is 2.81 bits per heavy atom. The maximum atomic E-state index is 9.06. The van der Waals surface area contributed by atoms with Crippen LogP contribution in [0.2, 0.25) is 0 Å². The molecule has 3 rings (SSSR count). The summed E-state index contributed by atoms with van der Waals surface area (Å²) in [4.78, 5) is 2.54. The summed E-state index contributed by atoms with van der Waals surface area (Å²) < 4.78 is 5.80. The Balaban J connectivity index is 1.46. The molecule has 2 atom stereocenters. The van der Waals surface area contributed by atoms with Crippen LogP contribution in [0.1, 0.15) is 37.7 Å². The van der Waals surface area contributed by atoms with E-state index in [0.29, 0.717) is 17.9 Å². The predicted octanol–water partition coefficient (Wildman–Crippen LogP) is 3.45. The lowest BCUT2D eigenvalue weighted by atomic mass is 9.75. The Morgan fingerprint density at radius 1 is 1.14 bits per heavy atom. The summed E-state index contributed by atoms with van der Waals surface area (Å²) in [6.07, 6.45) is 7.08. The van der Waals surface area contributed by atoms with Crippen LogP contribution in [0.4, 0.5) is 0 Å². The lowest BCUT2D eigenvalue weighted by Gasteiger charge is -2.41. The third-order valence-electron chi connectivity index (χ3n) is 5.05. The monoisotopic (exact) mass is 284 g/mol. The van der Waals surface area contributed by atoms with Gasteiger partial charge in [-0.1, -0.05) is 31.4 Å². The molecule has 3 heteroatoms. The molecule has 1 aliphatic heterocycles. The minimum Gasteiger partial charge on any atom is -0.491 e. The van der Waals surface area contributed by atoms with Crippen LogP contribution in [0.5, 0.6) is 5.75 Å². The molecule has 2 fully saturated rings. The van der Waals surface area contributed by atoms with Gasteiger partial charge in [-0.3, -0.25) is 4.90 Å². The molecule has 3 nitrogen and oxygen atoms in total. The molecule has 0 spiro atoms. The van der Waals surface area contributed by atoms with Crippen molar-refractivity contribution in [1.29, 1.82) is 5.26 Å². The lowest BCUT2D eigenvalue weighted by molar-refractivity contribution is 0.0766. The molecule has 1 aromatic carbocycles. The number of nitrogens with zero attached hydrogens (tertiary/aromatic N) is 2. The largest absolute Gasteiger partial charge is 0.491 e. The summed E-state index contributed by atoms with van der Waals surface area (Å²) in [5.41, 5.74) is 0.628. The van der Waals surface area contributed by atoms with Crippen molar-refractivity contribution in [2.24, 2.45) is 11.8 Å². The van der Waals surface area contributed by atoms with Gasteiger partial charge in [-0.15, -0.1) is 0 Å². The topological polar surface area (TPSA) is 36.3 Å². The smallest absolute Gasteiger partial charge is 0.137 e. The second kappa shape index (κ2) is 6.95. The summed E-state index contributed by atoms with van der Waals surface area (Å²) in [6, 6.07) is 9.67. The first-order valence-corrected chi connectivity index (χ1v) is 8.21. The highest BCUT2D eigenvalue weighted by Gasteiger charge is 2.30. The third-order valence-corrected chi connectivity index (χ3v) is 5.05. The van der Waals surface area contributed by atoms with Gasteiger partial charge in [0.2, 0.25) is 0 Å². The van der Waals surface area contributed by atoms with Crippen molar-refractivity contribution < 1.29 is 4.74 Å². The molecule has 1 heterocycles. The fourth-order valence-electron chi connectivity index (χ4n) is 3.85. The first kappa shape index (κ1) is 14.4. The second-order valence-electron chi connectivity index (χ2n) is 6.35.